The van der Waals surface area contributed by atoms with Gasteiger partial charge in [-0.05, 0) is 32.7 Å². The van der Waals surface area contributed by atoms with Gasteiger partial charge >= 0.3 is 30.2 Å². The van der Waals surface area contributed by atoms with E-state index in [9.17, 15) is 0 Å². The Morgan fingerprint density at radius 1 is 0.500 bits per heavy atom. The Balaban J connectivity index is 0.000000308. The molecule has 0 aliphatic carbocycles. The number of fused-ring (bicyclic) bond motifs is 4. The molecule has 256 valence electrons. The molecule has 0 bridgehead atoms. The molecule has 0 fully saturated rings. The third-order valence-electron chi connectivity index (χ3n) is 9.03. The van der Waals surface area contributed by atoms with Crippen LogP contribution in [0.5, 0.6) is 0 Å². The van der Waals surface area contributed by atoms with E-state index in [-0.39, 0.29) is 39.7 Å². The molecule has 0 aliphatic heterocycles. The summed E-state index contributed by atoms with van der Waals surface area (Å²) >= 11 is 1.36. The van der Waals surface area contributed by atoms with E-state index in [2.05, 4.69) is 180 Å². The monoisotopic (exact) mass is 802 g/mol. The summed E-state index contributed by atoms with van der Waals surface area (Å²) in [6, 6.07) is 51.1. The molecule has 0 nitrogen and oxygen atoms in total. The first kappa shape index (κ1) is 43.1. The zero-order chi connectivity index (χ0) is 32.4. The molecule has 0 saturated heterocycles. The molecule has 0 N–H and O–H groups in total. The predicted molar refractivity (Wildman–Crippen MR) is 230 cm³/mol. The second-order valence-electron chi connectivity index (χ2n) is 13.1. The van der Waals surface area contributed by atoms with Gasteiger partial charge < -0.3 is 14.9 Å². The van der Waals surface area contributed by atoms with Crippen LogP contribution >= 0.6 is 24.8 Å². The van der Waals surface area contributed by atoms with Crippen molar-refractivity contribution in [3.8, 4) is 22.3 Å². The first-order valence-electron chi connectivity index (χ1n) is 15.9. The van der Waals surface area contributed by atoms with Gasteiger partial charge in [-0.25, -0.2) is 0 Å². The molecule has 5 heteroatoms. The van der Waals surface area contributed by atoms with E-state index in [1.54, 1.807) is 5.19 Å². The summed E-state index contributed by atoms with van der Waals surface area (Å²) < 4.78 is 0. The molecule has 50 heavy (non-hydrogen) atoms. The van der Waals surface area contributed by atoms with Crippen LogP contribution in [0.3, 0.4) is 0 Å². The van der Waals surface area contributed by atoms with Crippen LogP contribution in [0, 0.1) is 28.7 Å². The number of aryl methyl sites for hydroxylation is 2. The van der Waals surface area contributed by atoms with Crippen LogP contribution in [-0.4, -0.2) is 15.0 Å². The van der Waals surface area contributed by atoms with E-state index in [0.29, 0.717) is 0 Å². The van der Waals surface area contributed by atoms with Crippen LogP contribution in [-0.2, 0) is 23.3 Å². The third kappa shape index (κ3) is 8.69. The van der Waals surface area contributed by atoms with Gasteiger partial charge in [0.1, 0.15) is 0 Å². The van der Waals surface area contributed by atoms with Gasteiger partial charge in [0.15, 0.2) is 0 Å². The Kier molecular flexibility index (Phi) is 15.9. The summed E-state index contributed by atoms with van der Waals surface area (Å²) in [5.41, 5.74) is 8.03. The first-order valence-corrected chi connectivity index (χ1v) is 23.5. The second kappa shape index (κ2) is 18.4. The topological polar surface area (TPSA) is 0 Å². The van der Waals surface area contributed by atoms with Crippen LogP contribution < -0.4 is 5.19 Å². The molecule has 0 spiro atoms. The van der Waals surface area contributed by atoms with E-state index in [4.69, 9.17) is 0 Å². The van der Waals surface area contributed by atoms with Gasteiger partial charge in [-0.2, -0.15) is 12.1 Å². The van der Waals surface area contributed by atoms with Gasteiger partial charge in [0.05, 0.1) is 8.07 Å². The molecule has 0 amide bonds. The number of halogens is 2. The van der Waals surface area contributed by atoms with E-state index >= 15 is 0 Å². The van der Waals surface area contributed by atoms with Crippen molar-refractivity contribution in [1.29, 1.82) is 0 Å². The van der Waals surface area contributed by atoms with Gasteiger partial charge in [-0.3, -0.25) is 0 Å². The van der Waals surface area contributed by atoms with Gasteiger partial charge in [0.25, 0.3) is 0 Å². The molecule has 0 heterocycles. The van der Waals surface area contributed by atoms with Gasteiger partial charge in [-0.1, -0.05) is 142 Å². The molecule has 2 radical (unpaired) electrons. The van der Waals surface area contributed by atoms with E-state index in [0.717, 1.165) is 0 Å². The quantitative estimate of drug-likeness (QED) is 0.123. The Hall–Kier alpha value is -3.04. The van der Waals surface area contributed by atoms with Crippen molar-refractivity contribution < 1.29 is 23.3 Å². The fourth-order valence-electron chi connectivity index (χ4n) is 6.65. The van der Waals surface area contributed by atoms with Gasteiger partial charge in [0, 0.05) is 0 Å². The zero-order valence-corrected chi connectivity index (χ0v) is 36.2. The summed E-state index contributed by atoms with van der Waals surface area (Å²) in [5.74, 6) is 0. The van der Waals surface area contributed by atoms with Crippen molar-refractivity contribution in [2.45, 2.75) is 33.5 Å². The predicted octanol–water partition coefficient (Wildman–Crippen LogP) is 13.3. The zero-order valence-electron chi connectivity index (χ0n) is 30.1. The molecule has 8 aromatic carbocycles. The summed E-state index contributed by atoms with van der Waals surface area (Å²) in [6.07, 6.45) is 0. The molecule has 0 saturated carbocycles. The molecule has 0 atom stereocenters. The van der Waals surface area contributed by atoms with Crippen molar-refractivity contribution >= 4 is 88.0 Å². The Morgan fingerprint density at radius 3 is 1.50 bits per heavy atom. The molecule has 0 aliphatic rings. The van der Waals surface area contributed by atoms with Crippen molar-refractivity contribution in [2.75, 3.05) is 0 Å². The third-order valence-corrected chi connectivity index (χ3v) is 11.0. The van der Waals surface area contributed by atoms with Crippen LogP contribution in [0.15, 0.2) is 140 Å². The van der Waals surface area contributed by atoms with E-state index in [1.165, 1.54) is 99.8 Å². The first-order chi connectivity index (χ1) is 22.3. The van der Waals surface area contributed by atoms with E-state index in [1.807, 2.05) is 0 Å². The average molecular weight is 805 g/mol. The van der Waals surface area contributed by atoms with Gasteiger partial charge in [-0.15, -0.1) is 93.0 Å². The molecular formula is C45H46Cl2Si2Zr-4. The summed E-state index contributed by atoms with van der Waals surface area (Å²) in [4.78, 5) is 0. The summed E-state index contributed by atoms with van der Waals surface area (Å²) in [7, 11) is -1.29. The Labute approximate surface area is 330 Å². The number of rotatable bonds is 3. The molecular weight excluding hydrogens is 759 g/mol. The van der Waals surface area contributed by atoms with Crippen LogP contribution in [0.4, 0.5) is 0 Å². The Morgan fingerprint density at radius 2 is 0.960 bits per heavy atom. The van der Waals surface area contributed by atoms with Crippen LogP contribution in [0.2, 0.25) is 19.6 Å². The number of hydrogen-bond donors (Lipinski definition) is 0. The van der Waals surface area contributed by atoms with Crippen LogP contribution in [0.1, 0.15) is 11.1 Å². The molecule has 0 unspecified atom stereocenters. The summed E-state index contributed by atoms with van der Waals surface area (Å²) in [6.45, 7) is 14.7. The Bertz CT molecular complexity index is 2310. The van der Waals surface area contributed by atoms with E-state index < -0.39 is 8.07 Å². The number of benzene rings is 6. The fraction of sp³-hybridized carbons (Fsp3) is 0.111. The van der Waals surface area contributed by atoms with Crippen molar-refractivity contribution in [1.82, 2.24) is 0 Å². The molecule has 0 aromatic heterocycles. The van der Waals surface area contributed by atoms with Crippen molar-refractivity contribution in [2.24, 2.45) is 0 Å². The fourth-order valence-corrected chi connectivity index (χ4v) is 7.81. The minimum atomic E-state index is -1.29. The standard InChI is InChI=1S/C22H21Si.C21H17.2CH3.2ClH.Si.Zr/c1-23(2,3)18-14-17-10-7-13-21(22(17)15-18)20-12-6-9-16-8-4-5-11-19(16)20;1-14-12-20-15(2)10-11-19(21(20)13-14)18-9-5-7-16-6-3-4-8-17(16)18;;;;;;/h4-15H,1-3H3;3-13H,1-2H3;2*1H3;2*1H;;/q4*-1;;;;. The SMILES string of the molecule is C[Si](C)(C)c1cc2c(-c3cccc4ccccc34)cccc2[cH-]1.Cc1cc2c(-c3cccc4ccccc34)ccc(C)c2[cH-]1.Cl.Cl.[CH3-].[CH3-].[Si]=[Zr]. The van der Waals surface area contributed by atoms with Gasteiger partial charge in [0.2, 0.25) is 0 Å². The van der Waals surface area contributed by atoms with Crippen LogP contribution in [0.25, 0.3) is 65.3 Å². The molecule has 8 aromatic rings. The maximum absolute atomic E-state index is 3.06. The van der Waals surface area contributed by atoms with Crippen molar-refractivity contribution in [3.63, 3.8) is 0 Å². The summed E-state index contributed by atoms with van der Waals surface area (Å²) in [5, 5.41) is 12.3. The maximum atomic E-state index is 3.06. The second-order valence-corrected chi connectivity index (χ2v) is 18.2. The minimum absolute atomic E-state index is 0. The average Bonchev–Trinajstić information content (AvgIpc) is 3.71. The number of hydrogen-bond acceptors (Lipinski definition) is 0. The normalized spacial score (nSPS) is 10.4. The van der Waals surface area contributed by atoms with Crippen molar-refractivity contribution in [3.05, 3.63) is 166 Å². The molecule has 8 rings (SSSR count).